The number of hydrogen-bond acceptors (Lipinski definition) is 5. The fraction of sp³-hybridized carbons (Fsp3) is 0.263. The normalized spacial score (nSPS) is 10.9. The first kappa shape index (κ1) is 19.6. The molecule has 1 amide bonds. The number of amides is 1. The quantitative estimate of drug-likeness (QED) is 0.705. The highest BCUT2D eigenvalue weighted by atomic mass is 35.5. The molecule has 2 aromatic heterocycles. The number of hydrogen-bond donors (Lipinski definition) is 1. The van der Waals surface area contributed by atoms with Crippen LogP contribution in [0.3, 0.4) is 0 Å². The molecule has 1 N–H and O–H groups in total. The second-order valence-electron chi connectivity index (χ2n) is 6.19. The van der Waals surface area contributed by atoms with Crippen molar-refractivity contribution < 1.29 is 9.53 Å². The number of nitrogens with zero attached hydrogens (tertiary/aromatic N) is 3. The Balaban J connectivity index is 2.08. The monoisotopic (exact) mass is 402 g/mol. The number of carbonyl (C=O) groups is 1. The molecule has 0 atom stereocenters. The van der Waals surface area contributed by atoms with E-state index in [2.05, 4.69) is 10.3 Å². The van der Waals surface area contributed by atoms with Gasteiger partial charge in [0, 0.05) is 29.5 Å². The first-order valence-electron chi connectivity index (χ1n) is 8.60. The van der Waals surface area contributed by atoms with Gasteiger partial charge in [0.15, 0.2) is 5.65 Å². The number of ether oxygens (including phenoxy) is 1. The number of aromatic nitrogens is 3. The highest BCUT2D eigenvalue weighted by Gasteiger charge is 2.19. The fourth-order valence-corrected chi connectivity index (χ4v) is 3.09. The van der Waals surface area contributed by atoms with Crippen molar-refractivity contribution in [1.29, 1.82) is 0 Å². The highest BCUT2D eigenvalue weighted by Crippen LogP contribution is 2.24. The largest absolute Gasteiger partial charge is 0.493 e. The van der Waals surface area contributed by atoms with E-state index in [1.807, 2.05) is 0 Å². The van der Waals surface area contributed by atoms with E-state index in [1.54, 1.807) is 44.3 Å². The van der Waals surface area contributed by atoms with Gasteiger partial charge < -0.3 is 10.1 Å². The molecule has 0 aliphatic heterocycles. The minimum absolute atomic E-state index is 0.166. The van der Waals surface area contributed by atoms with Crippen LogP contribution in [0.25, 0.3) is 11.0 Å². The van der Waals surface area contributed by atoms with Gasteiger partial charge >= 0.3 is 5.69 Å². The molecule has 0 fully saturated rings. The summed E-state index contributed by atoms with van der Waals surface area (Å²) in [6.07, 6.45) is 1.54. The van der Waals surface area contributed by atoms with Gasteiger partial charge in [0.2, 0.25) is 5.91 Å². The molecule has 0 saturated heterocycles. The van der Waals surface area contributed by atoms with Gasteiger partial charge in [0.05, 0.1) is 6.61 Å². The Hall–Kier alpha value is -3.13. The fourth-order valence-electron chi connectivity index (χ4n) is 2.90. The van der Waals surface area contributed by atoms with Gasteiger partial charge in [0.1, 0.15) is 17.7 Å². The van der Waals surface area contributed by atoms with E-state index in [1.165, 1.54) is 11.6 Å². The number of carbonyl (C=O) groups excluding carboxylic acids is 1. The van der Waals surface area contributed by atoms with Crippen LogP contribution in [0, 0.1) is 6.92 Å². The van der Waals surface area contributed by atoms with Crippen LogP contribution < -0.4 is 21.3 Å². The van der Waals surface area contributed by atoms with Crippen LogP contribution in [0.1, 0.15) is 12.5 Å². The van der Waals surface area contributed by atoms with E-state index in [-0.39, 0.29) is 11.0 Å². The molecule has 0 saturated carbocycles. The van der Waals surface area contributed by atoms with Crippen LogP contribution in [0.15, 0.2) is 40.1 Å². The van der Waals surface area contributed by atoms with Crippen molar-refractivity contribution in [3.8, 4) is 5.75 Å². The molecule has 28 heavy (non-hydrogen) atoms. The summed E-state index contributed by atoms with van der Waals surface area (Å²) in [5.41, 5.74) is 0.0720. The maximum absolute atomic E-state index is 13.0. The van der Waals surface area contributed by atoms with Crippen molar-refractivity contribution in [3.05, 3.63) is 61.9 Å². The van der Waals surface area contributed by atoms with Crippen LogP contribution in [-0.2, 0) is 18.4 Å². The Kier molecular flexibility index (Phi) is 5.51. The average molecular weight is 403 g/mol. The van der Waals surface area contributed by atoms with Crippen LogP contribution in [0.5, 0.6) is 5.75 Å². The Morgan fingerprint density at radius 2 is 2.07 bits per heavy atom. The van der Waals surface area contributed by atoms with Gasteiger partial charge in [-0.1, -0.05) is 17.7 Å². The summed E-state index contributed by atoms with van der Waals surface area (Å²) in [6.45, 7) is 3.45. The number of anilines is 1. The molecule has 2 heterocycles. The lowest BCUT2D eigenvalue weighted by Gasteiger charge is -2.14. The SMILES string of the molecule is CCOc1c(C)cnc2c1c(=O)n(CC(=O)Nc1cccc(Cl)c1)c(=O)n2C. The smallest absolute Gasteiger partial charge is 0.332 e. The molecular weight excluding hydrogens is 384 g/mol. The van der Waals surface area contributed by atoms with Crippen LogP contribution in [0.4, 0.5) is 5.69 Å². The molecule has 0 radical (unpaired) electrons. The van der Waals surface area contributed by atoms with E-state index >= 15 is 0 Å². The molecule has 1 aromatic carbocycles. The molecular formula is C19H19ClN4O4. The van der Waals surface area contributed by atoms with E-state index in [0.717, 1.165) is 4.57 Å². The highest BCUT2D eigenvalue weighted by molar-refractivity contribution is 6.30. The number of fused-ring (bicyclic) bond motifs is 1. The Labute approximate surface area is 165 Å². The first-order valence-corrected chi connectivity index (χ1v) is 8.98. The van der Waals surface area contributed by atoms with E-state index in [4.69, 9.17) is 16.3 Å². The van der Waals surface area contributed by atoms with Gasteiger partial charge in [-0.2, -0.15) is 0 Å². The number of rotatable bonds is 5. The van der Waals surface area contributed by atoms with Crippen molar-refractivity contribution in [2.75, 3.05) is 11.9 Å². The number of halogens is 1. The molecule has 8 nitrogen and oxygen atoms in total. The maximum Gasteiger partial charge on any atom is 0.332 e. The number of nitrogens with one attached hydrogen (secondary N) is 1. The maximum atomic E-state index is 13.0. The Morgan fingerprint density at radius 3 is 2.75 bits per heavy atom. The third kappa shape index (κ3) is 3.63. The predicted molar refractivity (Wildman–Crippen MR) is 107 cm³/mol. The third-order valence-electron chi connectivity index (χ3n) is 4.18. The summed E-state index contributed by atoms with van der Waals surface area (Å²) in [4.78, 5) is 42.3. The van der Waals surface area contributed by atoms with Crippen LogP contribution in [-0.4, -0.2) is 26.6 Å². The Bertz CT molecular complexity index is 1180. The van der Waals surface area contributed by atoms with Crippen molar-refractivity contribution in [1.82, 2.24) is 14.1 Å². The standard InChI is InChI=1S/C19H19ClN4O4/c1-4-28-16-11(2)9-21-17-15(16)18(26)24(19(27)23(17)3)10-14(25)22-13-7-5-6-12(20)8-13/h5-9H,4,10H2,1-3H3,(H,22,25). The second kappa shape index (κ2) is 7.85. The molecule has 3 rings (SSSR count). The predicted octanol–water partition coefficient (Wildman–Crippen LogP) is 2.09. The molecule has 146 valence electrons. The van der Waals surface area contributed by atoms with E-state index in [9.17, 15) is 14.4 Å². The van der Waals surface area contributed by atoms with Gasteiger partial charge in [-0.15, -0.1) is 0 Å². The summed E-state index contributed by atoms with van der Waals surface area (Å²) in [7, 11) is 1.49. The van der Waals surface area contributed by atoms with Gasteiger partial charge in [-0.3, -0.25) is 14.2 Å². The zero-order valence-electron chi connectivity index (χ0n) is 15.7. The topological polar surface area (TPSA) is 95.2 Å². The lowest BCUT2D eigenvalue weighted by molar-refractivity contribution is -0.116. The summed E-state index contributed by atoms with van der Waals surface area (Å²) in [5, 5.41) is 3.25. The first-order chi connectivity index (χ1) is 13.3. The average Bonchev–Trinajstić information content (AvgIpc) is 2.65. The molecule has 0 aliphatic rings. The lowest BCUT2D eigenvalue weighted by Crippen LogP contribution is -2.42. The number of benzene rings is 1. The minimum atomic E-state index is -0.641. The van der Waals surface area contributed by atoms with Crippen LogP contribution >= 0.6 is 11.6 Å². The summed E-state index contributed by atoms with van der Waals surface area (Å²) < 4.78 is 7.70. The van der Waals surface area contributed by atoms with Crippen molar-refractivity contribution in [3.63, 3.8) is 0 Å². The molecule has 0 spiro atoms. The minimum Gasteiger partial charge on any atom is -0.493 e. The van der Waals surface area contributed by atoms with Gasteiger partial charge in [-0.05, 0) is 32.0 Å². The van der Waals surface area contributed by atoms with Crippen molar-refractivity contribution >= 4 is 34.2 Å². The van der Waals surface area contributed by atoms with Gasteiger partial charge in [-0.25, -0.2) is 14.3 Å². The lowest BCUT2D eigenvalue weighted by atomic mass is 10.2. The summed E-state index contributed by atoms with van der Waals surface area (Å²) in [6, 6.07) is 6.58. The van der Waals surface area contributed by atoms with E-state index < -0.39 is 23.7 Å². The molecule has 9 heteroatoms. The number of aryl methyl sites for hydroxylation is 2. The second-order valence-corrected chi connectivity index (χ2v) is 6.63. The summed E-state index contributed by atoms with van der Waals surface area (Å²) >= 11 is 5.91. The number of pyridine rings is 1. The molecule has 0 bridgehead atoms. The zero-order valence-corrected chi connectivity index (χ0v) is 16.4. The molecule has 3 aromatic rings. The van der Waals surface area contributed by atoms with E-state index in [0.29, 0.717) is 28.6 Å². The zero-order chi connectivity index (χ0) is 20.4. The summed E-state index contributed by atoms with van der Waals surface area (Å²) in [5.74, 6) is -0.170. The molecule has 0 aliphatic carbocycles. The third-order valence-corrected chi connectivity index (χ3v) is 4.42. The Morgan fingerprint density at radius 1 is 1.32 bits per heavy atom. The van der Waals surface area contributed by atoms with Crippen molar-refractivity contribution in [2.24, 2.45) is 7.05 Å². The van der Waals surface area contributed by atoms with Crippen molar-refractivity contribution in [2.45, 2.75) is 20.4 Å². The molecule has 0 unspecified atom stereocenters. The van der Waals surface area contributed by atoms with Crippen LogP contribution in [0.2, 0.25) is 5.02 Å². The van der Waals surface area contributed by atoms with Gasteiger partial charge in [0.25, 0.3) is 5.56 Å².